The number of carbonyl (C=O) groups is 1. The van der Waals surface area contributed by atoms with Gasteiger partial charge in [-0.15, -0.1) is 0 Å². The van der Waals surface area contributed by atoms with Crippen LogP contribution in [-0.4, -0.2) is 12.6 Å². The number of benzene rings is 1. The Balaban J connectivity index is 2.66. The zero-order valence-electron chi connectivity index (χ0n) is 9.48. The first-order valence-electron chi connectivity index (χ1n) is 5.39. The van der Waals surface area contributed by atoms with E-state index >= 15 is 0 Å². The fourth-order valence-electron chi connectivity index (χ4n) is 1.26. The third kappa shape index (κ3) is 3.05. The highest BCUT2D eigenvalue weighted by Crippen LogP contribution is 2.13. The molecule has 0 aliphatic carbocycles. The molecule has 4 heteroatoms. The van der Waals surface area contributed by atoms with Gasteiger partial charge in [-0.2, -0.15) is 0 Å². The summed E-state index contributed by atoms with van der Waals surface area (Å²) in [7, 11) is 0. The van der Waals surface area contributed by atoms with Gasteiger partial charge in [-0.25, -0.2) is 4.79 Å². The summed E-state index contributed by atoms with van der Waals surface area (Å²) < 4.78 is 5.01. The normalized spacial score (nSPS) is 11.2. The van der Waals surface area contributed by atoms with Gasteiger partial charge in [-0.1, -0.05) is 43.7 Å². The maximum absolute atomic E-state index is 11.7. The Labute approximate surface area is 95.6 Å². The Kier molecular flexibility index (Phi) is 4.46. The van der Waals surface area contributed by atoms with Gasteiger partial charge in [0.05, 0.1) is 6.61 Å². The van der Waals surface area contributed by atoms with Crippen molar-refractivity contribution in [3.05, 3.63) is 35.9 Å². The summed E-state index contributed by atoms with van der Waals surface area (Å²) in [6, 6.07) is 8.82. The minimum absolute atomic E-state index is 0.359. The molecule has 4 nitrogen and oxygen atoms in total. The van der Waals surface area contributed by atoms with Crippen LogP contribution in [0.25, 0.3) is 0 Å². The van der Waals surface area contributed by atoms with Gasteiger partial charge in [0.25, 0.3) is 0 Å². The Morgan fingerprint density at radius 2 is 1.94 bits per heavy atom. The first-order chi connectivity index (χ1) is 7.59. The van der Waals surface area contributed by atoms with Crippen LogP contribution in [0.4, 0.5) is 0 Å². The average molecular weight is 222 g/mol. The highest BCUT2D eigenvalue weighted by Gasteiger charge is 2.32. The van der Waals surface area contributed by atoms with Crippen LogP contribution in [0, 0.1) is 0 Å². The molecule has 4 N–H and O–H groups in total. The predicted octanol–water partition coefficient (Wildman–Crippen LogP) is 1.10. The van der Waals surface area contributed by atoms with E-state index in [-0.39, 0.29) is 0 Å². The second-order valence-electron chi connectivity index (χ2n) is 3.72. The second kappa shape index (κ2) is 5.63. The minimum atomic E-state index is -1.56. The molecule has 0 spiro atoms. The van der Waals surface area contributed by atoms with Crippen LogP contribution in [0.15, 0.2) is 30.3 Å². The summed E-state index contributed by atoms with van der Waals surface area (Å²) in [5.74, 6) is -0.591. The molecule has 16 heavy (non-hydrogen) atoms. The number of hydrogen-bond acceptors (Lipinski definition) is 4. The molecule has 0 heterocycles. The van der Waals surface area contributed by atoms with Crippen LogP contribution in [0.3, 0.4) is 0 Å². The highest BCUT2D eigenvalue weighted by atomic mass is 16.5. The van der Waals surface area contributed by atoms with Crippen LogP contribution in [0.5, 0.6) is 0 Å². The zero-order chi connectivity index (χ0) is 12.0. The number of rotatable bonds is 5. The van der Waals surface area contributed by atoms with Gasteiger partial charge in [-0.3, -0.25) is 0 Å². The summed E-state index contributed by atoms with van der Waals surface area (Å²) in [6.45, 7) is 2.38. The smallest absolute Gasteiger partial charge is 0.345 e. The fourth-order valence-corrected chi connectivity index (χ4v) is 1.26. The number of carbonyl (C=O) groups excluding carboxylic acids is 1. The largest absolute Gasteiger partial charge is 0.463 e. The summed E-state index contributed by atoms with van der Waals surface area (Å²) in [4.78, 5) is 11.7. The molecule has 0 radical (unpaired) electrons. The quantitative estimate of drug-likeness (QED) is 0.444. The van der Waals surface area contributed by atoms with Crippen LogP contribution < -0.4 is 11.5 Å². The third-order valence-electron chi connectivity index (χ3n) is 2.32. The maximum Gasteiger partial charge on any atom is 0.345 e. The SMILES string of the molecule is CCCCOC(=O)C(N)(N)c1ccccc1. The van der Waals surface area contributed by atoms with Crippen LogP contribution in [0.2, 0.25) is 0 Å². The molecule has 0 aliphatic rings. The molecular weight excluding hydrogens is 204 g/mol. The number of unbranched alkanes of at least 4 members (excludes halogenated alkanes) is 1. The molecule has 88 valence electrons. The summed E-state index contributed by atoms with van der Waals surface area (Å²) in [6.07, 6.45) is 1.78. The van der Waals surface area contributed by atoms with Gasteiger partial charge in [-0.05, 0) is 12.0 Å². The number of nitrogens with two attached hydrogens (primary N) is 2. The van der Waals surface area contributed by atoms with Crippen molar-refractivity contribution in [3.63, 3.8) is 0 Å². The third-order valence-corrected chi connectivity index (χ3v) is 2.32. The summed E-state index contributed by atoms with van der Waals surface area (Å²) in [5, 5.41) is 0. The van der Waals surface area contributed by atoms with E-state index in [0.717, 1.165) is 12.8 Å². The molecule has 0 amide bonds. The van der Waals surface area contributed by atoms with Gasteiger partial charge in [0.15, 0.2) is 5.66 Å². The highest BCUT2D eigenvalue weighted by molar-refractivity contribution is 5.81. The van der Waals surface area contributed by atoms with Crippen molar-refractivity contribution in [1.29, 1.82) is 0 Å². The van der Waals surface area contributed by atoms with Crippen molar-refractivity contribution in [2.24, 2.45) is 11.5 Å². The summed E-state index contributed by atoms with van der Waals surface area (Å²) >= 11 is 0. The molecule has 0 fully saturated rings. The average Bonchev–Trinajstić information content (AvgIpc) is 2.30. The van der Waals surface area contributed by atoms with E-state index in [9.17, 15) is 4.79 Å². The van der Waals surface area contributed by atoms with Gasteiger partial charge < -0.3 is 16.2 Å². The van der Waals surface area contributed by atoms with Crippen molar-refractivity contribution in [1.82, 2.24) is 0 Å². The molecule has 0 saturated heterocycles. The van der Waals surface area contributed by atoms with E-state index in [2.05, 4.69) is 0 Å². The zero-order valence-corrected chi connectivity index (χ0v) is 9.48. The molecule has 0 aliphatic heterocycles. The Hall–Kier alpha value is -1.39. The Bertz CT molecular complexity index is 336. The molecule has 0 saturated carbocycles. The fraction of sp³-hybridized carbons (Fsp3) is 0.417. The Morgan fingerprint density at radius 3 is 2.50 bits per heavy atom. The molecule has 1 aromatic rings. The monoisotopic (exact) mass is 222 g/mol. The van der Waals surface area contributed by atoms with Crippen LogP contribution >= 0.6 is 0 Å². The lowest BCUT2D eigenvalue weighted by atomic mass is 10.0. The maximum atomic E-state index is 11.7. The van der Waals surface area contributed by atoms with Crippen LogP contribution in [-0.2, 0) is 15.2 Å². The van der Waals surface area contributed by atoms with E-state index < -0.39 is 11.6 Å². The number of esters is 1. The lowest BCUT2D eigenvalue weighted by Gasteiger charge is -2.22. The van der Waals surface area contributed by atoms with Crippen molar-refractivity contribution in [2.45, 2.75) is 25.4 Å². The van der Waals surface area contributed by atoms with E-state index in [1.165, 1.54) is 0 Å². The Morgan fingerprint density at radius 1 is 1.31 bits per heavy atom. The van der Waals surface area contributed by atoms with Gasteiger partial charge in [0.2, 0.25) is 0 Å². The second-order valence-corrected chi connectivity index (χ2v) is 3.72. The standard InChI is InChI=1S/C12H18N2O2/c1-2-3-9-16-11(15)12(13,14)10-7-5-4-6-8-10/h4-8H,2-3,9,13-14H2,1H3. The van der Waals surface area contributed by atoms with Crippen molar-refractivity contribution < 1.29 is 9.53 Å². The molecule has 0 bridgehead atoms. The molecular formula is C12H18N2O2. The van der Waals surface area contributed by atoms with E-state index in [1.807, 2.05) is 13.0 Å². The molecule has 0 aromatic heterocycles. The molecule has 0 atom stereocenters. The van der Waals surface area contributed by atoms with Gasteiger partial charge in [0, 0.05) is 0 Å². The first kappa shape index (κ1) is 12.7. The predicted molar refractivity (Wildman–Crippen MR) is 62.4 cm³/mol. The molecule has 1 aromatic carbocycles. The molecule has 0 unspecified atom stereocenters. The van der Waals surface area contributed by atoms with Crippen molar-refractivity contribution in [3.8, 4) is 0 Å². The van der Waals surface area contributed by atoms with E-state index in [0.29, 0.717) is 12.2 Å². The lowest BCUT2D eigenvalue weighted by Crippen LogP contribution is -2.54. The summed E-state index contributed by atoms with van der Waals surface area (Å²) in [5.41, 5.74) is 10.5. The number of hydrogen-bond donors (Lipinski definition) is 2. The van der Waals surface area contributed by atoms with E-state index in [4.69, 9.17) is 16.2 Å². The van der Waals surface area contributed by atoms with Crippen LogP contribution in [0.1, 0.15) is 25.3 Å². The van der Waals surface area contributed by atoms with Crippen molar-refractivity contribution >= 4 is 5.97 Å². The number of ether oxygens (including phenoxy) is 1. The van der Waals surface area contributed by atoms with Crippen molar-refractivity contribution in [2.75, 3.05) is 6.61 Å². The lowest BCUT2D eigenvalue weighted by molar-refractivity contribution is -0.150. The first-order valence-corrected chi connectivity index (χ1v) is 5.39. The van der Waals surface area contributed by atoms with Gasteiger partial charge in [0.1, 0.15) is 0 Å². The minimum Gasteiger partial charge on any atom is -0.463 e. The van der Waals surface area contributed by atoms with E-state index in [1.54, 1.807) is 24.3 Å². The molecule has 1 rings (SSSR count). The topological polar surface area (TPSA) is 78.3 Å². The van der Waals surface area contributed by atoms with Gasteiger partial charge >= 0.3 is 5.97 Å².